The van der Waals surface area contributed by atoms with Gasteiger partial charge in [0.15, 0.2) is 0 Å². The van der Waals surface area contributed by atoms with Crippen LogP contribution in [0.4, 0.5) is 4.39 Å². The monoisotopic (exact) mass is 475 g/mol. The molecule has 5 nitrogen and oxygen atoms in total. The Morgan fingerprint density at radius 2 is 1.83 bits per heavy atom. The number of imidazole rings is 1. The molecule has 1 atom stereocenters. The number of pyridine rings is 2. The number of H-pyrrole nitrogens is 1. The number of para-hydroxylation sites is 1. The fraction of sp³-hybridized carbons (Fsp3) is 0.133. The molecule has 3 N–H and O–H groups in total. The fourth-order valence-corrected chi connectivity index (χ4v) is 4.89. The second kappa shape index (κ2) is 9.06. The van der Waals surface area contributed by atoms with E-state index < -0.39 is 0 Å². The van der Waals surface area contributed by atoms with E-state index in [0.717, 1.165) is 45.7 Å². The van der Waals surface area contributed by atoms with Gasteiger partial charge in [-0.15, -0.1) is 0 Å². The number of hydrogen-bond donors (Lipinski definition) is 2. The molecule has 6 aromatic rings. The average Bonchev–Trinajstić information content (AvgIpc) is 3.48. The number of halogens is 1. The first kappa shape index (κ1) is 22.2. The van der Waals surface area contributed by atoms with Crippen LogP contribution in [0.1, 0.15) is 16.8 Å². The second-order valence-corrected chi connectivity index (χ2v) is 9.31. The van der Waals surface area contributed by atoms with Gasteiger partial charge in [-0.05, 0) is 66.9 Å². The molecule has 4 heterocycles. The molecular weight excluding hydrogens is 449 g/mol. The number of benzene rings is 2. The van der Waals surface area contributed by atoms with Gasteiger partial charge >= 0.3 is 0 Å². The van der Waals surface area contributed by atoms with E-state index >= 15 is 0 Å². The van der Waals surface area contributed by atoms with Crippen LogP contribution < -0.4 is 5.73 Å². The minimum atomic E-state index is -0.216. The van der Waals surface area contributed by atoms with E-state index in [2.05, 4.69) is 46.6 Å². The first-order valence-corrected chi connectivity index (χ1v) is 12.1. The van der Waals surface area contributed by atoms with E-state index in [4.69, 9.17) is 10.7 Å². The Kier molecular flexibility index (Phi) is 5.58. The van der Waals surface area contributed by atoms with Gasteiger partial charge in [0.2, 0.25) is 0 Å². The maximum atomic E-state index is 13.8. The molecule has 0 saturated heterocycles. The van der Waals surface area contributed by atoms with Crippen molar-refractivity contribution in [3.8, 4) is 22.4 Å². The molecular formula is C30H26FN5. The maximum Gasteiger partial charge on any atom is 0.137 e. The lowest BCUT2D eigenvalue weighted by atomic mass is 9.99. The van der Waals surface area contributed by atoms with Crippen LogP contribution in [0.25, 0.3) is 38.9 Å². The number of rotatable bonds is 6. The number of nitrogens with two attached hydrogens (primary N) is 1. The Bertz CT molecular complexity index is 1700. The lowest BCUT2D eigenvalue weighted by Gasteiger charge is -2.10. The van der Waals surface area contributed by atoms with E-state index in [1.807, 2.05) is 40.9 Å². The van der Waals surface area contributed by atoms with Crippen LogP contribution >= 0.6 is 0 Å². The van der Waals surface area contributed by atoms with Crippen LogP contribution in [0.2, 0.25) is 0 Å². The minimum Gasteiger partial charge on any atom is -0.361 e. The molecule has 0 spiro atoms. The Morgan fingerprint density at radius 1 is 0.972 bits per heavy atom. The second-order valence-electron chi connectivity index (χ2n) is 9.31. The summed E-state index contributed by atoms with van der Waals surface area (Å²) in [5.41, 5.74) is 15.0. The molecule has 4 aromatic heterocycles. The minimum absolute atomic E-state index is 0.0415. The van der Waals surface area contributed by atoms with Crippen molar-refractivity contribution in [2.45, 2.75) is 25.8 Å². The highest BCUT2D eigenvalue weighted by molar-refractivity contribution is 5.83. The molecule has 2 aromatic carbocycles. The van der Waals surface area contributed by atoms with Crippen molar-refractivity contribution >= 4 is 16.6 Å². The number of aryl methyl sites for hydroxylation is 1. The Labute approximate surface area is 208 Å². The third kappa shape index (κ3) is 4.16. The highest BCUT2D eigenvalue weighted by atomic mass is 19.1. The van der Waals surface area contributed by atoms with Crippen molar-refractivity contribution in [2.24, 2.45) is 5.73 Å². The van der Waals surface area contributed by atoms with Crippen molar-refractivity contribution in [2.75, 3.05) is 0 Å². The summed E-state index contributed by atoms with van der Waals surface area (Å²) in [5, 5.41) is 1.22. The van der Waals surface area contributed by atoms with E-state index in [0.29, 0.717) is 12.0 Å². The average molecular weight is 476 g/mol. The zero-order chi connectivity index (χ0) is 24.6. The Balaban J connectivity index is 1.27. The van der Waals surface area contributed by atoms with Gasteiger partial charge in [-0.2, -0.15) is 0 Å². The lowest BCUT2D eigenvalue weighted by molar-refractivity contribution is 0.619. The molecule has 0 aliphatic heterocycles. The zero-order valence-corrected chi connectivity index (χ0v) is 19.9. The normalized spacial score (nSPS) is 12.4. The molecule has 178 valence electrons. The van der Waals surface area contributed by atoms with Gasteiger partial charge in [0.25, 0.3) is 0 Å². The van der Waals surface area contributed by atoms with Crippen molar-refractivity contribution < 1.29 is 4.39 Å². The van der Waals surface area contributed by atoms with Crippen molar-refractivity contribution in [1.82, 2.24) is 19.4 Å². The highest BCUT2D eigenvalue weighted by Crippen LogP contribution is 2.31. The van der Waals surface area contributed by atoms with Gasteiger partial charge in [0.05, 0.1) is 11.4 Å². The standard InChI is InChI=1S/C30H26FN5/c1-19-13-20(8-10-27(19)31)30-26(6-4-12-33-30)21-9-11-29-35-24(18-36(29)17-21)15-23(32)14-22-16-34-28-7-3-2-5-25(22)28/h2-13,16-18,23,34H,14-15,32H2,1H3/t23-/m1/s1. The number of hydrogen-bond acceptors (Lipinski definition) is 3. The Hall–Kier alpha value is -4.29. The molecule has 0 saturated carbocycles. The van der Waals surface area contributed by atoms with Crippen LogP contribution in [0.15, 0.2) is 91.5 Å². The number of aromatic amines is 1. The zero-order valence-electron chi connectivity index (χ0n) is 19.9. The number of fused-ring (bicyclic) bond motifs is 2. The van der Waals surface area contributed by atoms with E-state index in [-0.39, 0.29) is 11.9 Å². The number of aromatic nitrogens is 4. The molecule has 0 aliphatic rings. The first-order chi connectivity index (χ1) is 17.5. The summed E-state index contributed by atoms with van der Waals surface area (Å²) in [7, 11) is 0. The number of nitrogens with zero attached hydrogens (tertiary/aromatic N) is 3. The third-order valence-electron chi connectivity index (χ3n) is 6.68. The smallest absolute Gasteiger partial charge is 0.137 e. The molecule has 0 unspecified atom stereocenters. The van der Waals surface area contributed by atoms with Crippen LogP contribution in [0.3, 0.4) is 0 Å². The molecule has 0 fully saturated rings. The van der Waals surface area contributed by atoms with E-state index in [1.54, 1.807) is 19.2 Å². The van der Waals surface area contributed by atoms with Crippen molar-refractivity contribution in [3.05, 3.63) is 114 Å². The summed E-state index contributed by atoms with van der Waals surface area (Å²) in [4.78, 5) is 12.7. The molecule has 0 bridgehead atoms. The summed E-state index contributed by atoms with van der Waals surface area (Å²) in [5.74, 6) is -0.216. The van der Waals surface area contributed by atoms with Crippen LogP contribution in [-0.4, -0.2) is 25.4 Å². The fourth-order valence-electron chi connectivity index (χ4n) is 4.89. The number of nitrogens with one attached hydrogen (secondary N) is 1. The van der Waals surface area contributed by atoms with E-state index in [9.17, 15) is 4.39 Å². The SMILES string of the molecule is Cc1cc(-c2ncccc2-c2ccc3nc(C[C@H](N)Cc4c[nH]c5ccccc45)cn3c2)ccc1F. The van der Waals surface area contributed by atoms with Crippen LogP contribution in [-0.2, 0) is 12.8 Å². The maximum absolute atomic E-state index is 13.8. The van der Waals surface area contributed by atoms with Gasteiger partial charge in [0.1, 0.15) is 11.5 Å². The highest BCUT2D eigenvalue weighted by Gasteiger charge is 2.14. The van der Waals surface area contributed by atoms with Crippen molar-refractivity contribution in [3.63, 3.8) is 0 Å². The van der Waals surface area contributed by atoms with Gasteiger partial charge in [0, 0.05) is 64.8 Å². The largest absolute Gasteiger partial charge is 0.361 e. The molecule has 36 heavy (non-hydrogen) atoms. The molecule has 6 rings (SSSR count). The summed E-state index contributed by atoms with van der Waals surface area (Å²) < 4.78 is 15.9. The van der Waals surface area contributed by atoms with Gasteiger partial charge in [-0.3, -0.25) is 4.98 Å². The third-order valence-corrected chi connectivity index (χ3v) is 6.68. The van der Waals surface area contributed by atoms with E-state index in [1.165, 1.54) is 17.0 Å². The first-order valence-electron chi connectivity index (χ1n) is 12.1. The predicted octanol–water partition coefficient (Wildman–Crippen LogP) is 6.10. The molecule has 0 radical (unpaired) electrons. The topological polar surface area (TPSA) is 72.0 Å². The quantitative estimate of drug-likeness (QED) is 0.306. The van der Waals surface area contributed by atoms with Gasteiger partial charge in [-0.25, -0.2) is 9.37 Å². The van der Waals surface area contributed by atoms with Crippen LogP contribution in [0.5, 0.6) is 0 Å². The summed E-state index contributed by atoms with van der Waals surface area (Å²) in [6, 6.07) is 21.4. The van der Waals surface area contributed by atoms with Gasteiger partial charge in [-0.1, -0.05) is 24.3 Å². The van der Waals surface area contributed by atoms with Crippen LogP contribution in [0, 0.1) is 12.7 Å². The molecule has 0 aliphatic carbocycles. The lowest BCUT2D eigenvalue weighted by Crippen LogP contribution is -2.25. The summed E-state index contributed by atoms with van der Waals surface area (Å²) in [6.45, 7) is 1.77. The summed E-state index contributed by atoms with van der Waals surface area (Å²) in [6.07, 6.45) is 9.39. The van der Waals surface area contributed by atoms with Crippen molar-refractivity contribution in [1.29, 1.82) is 0 Å². The van der Waals surface area contributed by atoms with Gasteiger partial charge < -0.3 is 15.1 Å². The Morgan fingerprint density at radius 3 is 2.72 bits per heavy atom. The molecule has 0 amide bonds. The predicted molar refractivity (Wildman–Crippen MR) is 142 cm³/mol. The summed E-state index contributed by atoms with van der Waals surface area (Å²) >= 11 is 0. The molecule has 6 heteroatoms.